The number of β-amino-alcohol motifs (C(OH)–C–C–N with tert-alkyl or cyclic N) is 1. The Bertz CT molecular complexity index is 954. The van der Waals surface area contributed by atoms with Crippen LogP contribution in [-0.4, -0.2) is 52.9 Å². The maximum atomic E-state index is 13.9. The number of carboxylic acid groups (broad SMARTS) is 1. The lowest BCUT2D eigenvalue weighted by molar-refractivity contribution is -0.136. The highest BCUT2D eigenvalue weighted by Crippen LogP contribution is 2.29. The molecule has 1 aliphatic heterocycles. The zero-order valence-corrected chi connectivity index (χ0v) is 20.0. The van der Waals surface area contributed by atoms with Gasteiger partial charge in [-0.15, -0.1) is 0 Å². The lowest BCUT2D eigenvalue weighted by Crippen LogP contribution is -2.39. The zero-order chi connectivity index (χ0) is 24.0. The van der Waals surface area contributed by atoms with Crippen molar-refractivity contribution in [3.63, 3.8) is 0 Å². The highest BCUT2D eigenvalue weighted by molar-refractivity contribution is 6.31. The predicted molar refractivity (Wildman–Crippen MR) is 127 cm³/mol. The van der Waals surface area contributed by atoms with E-state index in [4.69, 9.17) is 21.4 Å². The maximum absolute atomic E-state index is 13.9. The summed E-state index contributed by atoms with van der Waals surface area (Å²) in [6, 6.07) is 11.1. The normalized spacial score (nSPS) is 18.4. The second kappa shape index (κ2) is 11.9. The van der Waals surface area contributed by atoms with Crippen molar-refractivity contribution in [3.05, 3.63) is 69.5 Å². The molecule has 0 aromatic heterocycles. The minimum absolute atomic E-state index is 0.00664. The average Bonchev–Trinajstić information content (AvgIpc) is 3.19. The Hall–Kier alpha value is -1.99. The summed E-state index contributed by atoms with van der Waals surface area (Å²) in [6.45, 7) is 5.20. The Morgan fingerprint density at radius 2 is 2.12 bits per heavy atom. The molecule has 2 aromatic rings. The van der Waals surface area contributed by atoms with Crippen molar-refractivity contribution in [2.45, 2.75) is 64.2 Å². The van der Waals surface area contributed by atoms with Crippen molar-refractivity contribution in [3.8, 4) is 0 Å². The fraction of sp³-hybridized carbons (Fsp3) is 0.500. The van der Waals surface area contributed by atoms with E-state index in [9.17, 15) is 14.3 Å². The van der Waals surface area contributed by atoms with Crippen LogP contribution in [0.2, 0.25) is 5.02 Å². The second-order valence-electron chi connectivity index (χ2n) is 8.91. The highest BCUT2D eigenvalue weighted by Gasteiger charge is 2.27. The molecule has 5 nitrogen and oxygen atoms in total. The SMILES string of the molecule is Cc1ccc(C[C@@H]2CCCN2C[C@H](O)CO[C@H](C)c2cccc(Cl)c2CCC(=O)O)cc1F. The van der Waals surface area contributed by atoms with Crippen molar-refractivity contribution >= 4 is 17.6 Å². The number of likely N-dealkylation sites (tertiary alicyclic amines) is 1. The highest BCUT2D eigenvalue weighted by atomic mass is 35.5. The number of aliphatic hydroxyl groups is 1. The molecular weight excluding hydrogens is 445 g/mol. The molecule has 0 spiro atoms. The number of aliphatic carboxylic acids is 1. The molecule has 1 saturated heterocycles. The average molecular weight is 478 g/mol. The van der Waals surface area contributed by atoms with Crippen LogP contribution in [0.1, 0.15) is 54.5 Å². The van der Waals surface area contributed by atoms with Crippen molar-refractivity contribution in [1.82, 2.24) is 4.90 Å². The number of nitrogens with zero attached hydrogens (tertiary/aromatic N) is 1. The molecule has 180 valence electrons. The quantitative estimate of drug-likeness (QED) is 0.479. The first-order valence-electron chi connectivity index (χ1n) is 11.5. The number of carboxylic acids is 1. The molecule has 7 heteroatoms. The third-order valence-corrected chi connectivity index (χ3v) is 6.73. The molecule has 3 atom stereocenters. The number of ether oxygens (including phenoxy) is 1. The monoisotopic (exact) mass is 477 g/mol. The second-order valence-corrected chi connectivity index (χ2v) is 9.32. The van der Waals surface area contributed by atoms with Gasteiger partial charge in [-0.2, -0.15) is 0 Å². The Kier molecular flexibility index (Phi) is 9.27. The van der Waals surface area contributed by atoms with E-state index in [1.54, 1.807) is 19.1 Å². The predicted octanol–water partition coefficient (Wildman–Crippen LogP) is 4.95. The number of rotatable bonds is 11. The molecule has 0 saturated carbocycles. The summed E-state index contributed by atoms with van der Waals surface area (Å²) in [7, 11) is 0. The van der Waals surface area contributed by atoms with Gasteiger partial charge >= 0.3 is 5.97 Å². The van der Waals surface area contributed by atoms with Crippen molar-refractivity contribution in [2.75, 3.05) is 19.7 Å². The third-order valence-electron chi connectivity index (χ3n) is 6.37. The minimum atomic E-state index is -0.876. The summed E-state index contributed by atoms with van der Waals surface area (Å²) < 4.78 is 19.9. The summed E-state index contributed by atoms with van der Waals surface area (Å²) in [5.74, 6) is -1.05. The van der Waals surface area contributed by atoms with Gasteiger partial charge in [0.05, 0.1) is 18.8 Å². The van der Waals surface area contributed by atoms with Crippen LogP contribution in [0.4, 0.5) is 4.39 Å². The molecule has 0 radical (unpaired) electrons. The number of hydrogen-bond donors (Lipinski definition) is 2. The van der Waals surface area contributed by atoms with Gasteiger partial charge in [-0.1, -0.05) is 35.9 Å². The summed E-state index contributed by atoms with van der Waals surface area (Å²) >= 11 is 6.31. The molecule has 0 amide bonds. The maximum Gasteiger partial charge on any atom is 0.303 e. The topological polar surface area (TPSA) is 70.0 Å². The summed E-state index contributed by atoms with van der Waals surface area (Å²) in [4.78, 5) is 13.2. The van der Waals surface area contributed by atoms with Crippen molar-refractivity contribution in [2.24, 2.45) is 0 Å². The lowest BCUT2D eigenvalue weighted by atomic mass is 9.99. The molecule has 0 bridgehead atoms. The van der Waals surface area contributed by atoms with Gasteiger partial charge < -0.3 is 14.9 Å². The molecule has 33 heavy (non-hydrogen) atoms. The Morgan fingerprint density at radius 3 is 2.85 bits per heavy atom. The minimum Gasteiger partial charge on any atom is -0.481 e. The summed E-state index contributed by atoms with van der Waals surface area (Å²) in [6.07, 6.45) is 2.17. The van der Waals surface area contributed by atoms with E-state index in [1.807, 2.05) is 31.2 Å². The van der Waals surface area contributed by atoms with Crippen LogP contribution in [-0.2, 0) is 22.4 Å². The van der Waals surface area contributed by atoms with Crippen molar-refractivity contribution in [1.29, 1.82) is 0 Å². The van der Waals surface area contributed by atoms with Gasteiger partial charge in [0, 0.05) is 24.0 Å². The lowest BCUT2D eigenvalue weighted by Gasteiger charge is -2.28. The van der Waals surface area contributed by atoms with Gasteiger partial charge in [-0.3, -0.25) is 9.69 Å². The Balaban J connectivity index is 1.54. The van der Waals surface area contributed by atoms with E-state index in [0.29, 0.717) is 23.6 Å². The summed E-state index contributed by atoms with van der Waals surface area (Å²) in [5.41, 5.74) is 3.24. The van der Waals surface area contributed by atoms with Gasteiger partial charge in [-0.05, 0) is 80.5 Å². The van der Waals surface area contributed by atoms with Gasteiger partial charge in [0.15, 0.2) is 0 Å². The number of benzene rings is 2. The molecule has 2 N–H and O–H groups in total. The van der Waals surface area contributed by atoms with Crippen LogP contribution in [0.15, 0.2) is 36.4 Å². The molecule has 0 aliphatic carbocycles. The van der Waals surface area contributed by atoms with Crippen LogP contribution in [0.3, 0.4) is 0 Å². The molecular formula is C26H33ClFNO4. The van der Waals surface area contributed by atoms with E-state index in [0.717, 1.165) is 42.5 Å². The molecule has 2 aromatic carbocycles. The fourth-order valence-corrected chi connectivity index (χ4v) is 4.80. The van der Waals surface area contributed by atoms with Gasteiger partial charge in [0.1, 0.15) is 5.82 Å². The number of hydrogen-bond acceptors (Lipinski definition) is 4. The standard InChI is InChI=1S/C26H33ClFNO4/c1-17-8-9-19(14-25(17)28)13-20-5-4-12-29(20)15-21(30)16-33-18(2)22-6-3-7-24(27)23(22)10-11-26(31)32/h3,6-9,14,18,20-21,30H,4-5,10-13,15-16H2,1-2H3,(H,31,32)/t18-,20+,21+/m1/s1. The first-order valence-corrected chi connectivity index (χ1v) is 11.9. The van der Waals surface area contributed by atoms with Crippen LogP contribution >= 0.6 is 11.6 Å². The molecule has 1 fully saturated rings. The van der Waals surface area contributed by atoms with Gasteiger partial charge in [0.2, 0.25) is 0 Å². The van der Waals surface area contributed by atoms with Crippen molar-refractivity contribution < 1.29 is 24.1 Å². The van der Waals surface area contributed by atoms with Gasteiger partial charge in [-0.25, -0.2) is 4.39 Å². The van der Waals surface area contributed by atoms with Crippen LogP contribution in [0, 0.1) is 12.7 Å². The molecule has 3 rings (SSSR count). The number of halogens is 2. The number of carbonyl (C=O) groups is 1. The number of aliphatic hydroxyl groups excluding tert-OH is 1. The zero-order valence-electron chi connectivity index (χ0n) is 19.3. The van der Waals surface area contributed by atoms with Crippen LogP contribution < -0.4 is 0 Å². The third kappa shape index (κ3) is 7.24. The largest absolute Gasteiger partial charge is 0.481 e. The first kappa shape index (κ1) is 25.6. The van der Waals surface area contributed by atoms with E-state index in [2.05, 4.69) is 4.90 Å². The van der Waals surface area contributed by atoms with Crippen LogP contribution in [0.5, 0.6) is 0 Å². The fourth-order valence-electron chi connectivity index (χ4n) is 4.52. The Labute approximate surface area is 200 Å². The smallest absolute Gasteiger partial charge is 0.303 e. The van der Waals surface area contributed by atoms with E-state index < -0.39 is 12.1 Å². The van der Waals surface area contributed by atoms with Crippen LogP contribution in [0.25, 0.3) is 0 Å². The summed E-state index contributed by atoms with van der Waals surface area (Å²) in [5, 5.41) is 20.2. The van der Waals surface area contributed by atoms with E-state index in [-0.39, 0.29) is 31.0 Å². The molecule has 0 unspecified atom stereocenters. The number of aryl methyl sites for hydroxylation is 1. The first-order chi connectivity index (χ1) is 15.7. The van der Waals surface area contributed by atoms with E-state index >= 15 is 0 Å². The Morgan fingerprint density at radius 1 is 1.33 bits per heavy atom. The molecule has 1 heterocycles. The van der Waals surface area contributed by atoms with E-state index in [1.165, 1.54) is 0 Å². The van der Waals surface area contributed by atoms with Gasteiger partial charge in [0.25, 0.3) is 0 Å². The molecule has 1 aliphatic rings.